The van der Waals surface area contributed by atoms with Gasteiger partial charge in [-0.15, -0.1) is 0 Å². The molecule has 35 heavy (non-hydrogen) atoms. The maximum atomic E-state index is 14.4. The monoisotopic (exact) mass is 514 g/mol. The minimum Gasteiger partial charge on any atom is -0.350 e. The lowest BCUT2D eigenvalue weighted by atomic mass is 9.99. The lowest BCUT2D eigenvalue weighted by Gasteiger charge is -2.34. The first kappa shape index (κ1) is 26.7. The molecule has 0 saturated heterocycles. The minimum atomic E-state index is -0.872. The van der Waals surface area contributed by atoms with Gasteiger partial charge in [-0.05, 0) is 50.1 Å². The number of hydrogen-bond donors (Lipinski definition) is 1. The number of nitrogens with zero attached hydrogens (tertiary/aromatic N) is 1. The number of hydrogen-bond acceptors (Lipinski definition) is 2. The number of amides is 2. The van der Waals surface area contributed by atoms with E-state index in [1.165, 1.54) is 11.0 Å². The van der Waals surface area contributed by atoms with Crippen molar-refractivity contribution in [2.75, 3.05) is 0 Å². The third-order valence-electron chi connectivity index (χ3n) is 5.46. The minimum absolute atomic E-state index is 0.000849. The van der Waals surface area contributed by atoms with Crippen molar-refractivity contribution in [3.05, 3.63) is 105 Å². The maximum absolute atomic E-state index is 14.4. The summed E-state index contributed by atoms with van der Waals surface area (Å²) in [6.07, 6.45) is 0.0661. The molecule has 3 rings (SSSR count). The molecule has 7 heteroatoms. The Morgan fingerprint density at radius 2 is 1.51 bits per heavy atom. The summed E-state index contributed by atoms with van der Waals surface area (Å²) in [5, 5.41) is 3.76. The van der Waals surface area contributed by atoms with Gasteiger partial charge < -0.3 is 10.2 Å². The zero-order valence-electron chi connectivity index (χ0n) is 20.0. The summed E-state index contributed by atoms with van der Waals surface area (Å²) < 4.78 is 14.4. The first-order valence-electron chi connectivity index (χ1n) is 11.4. The van der Waals surface area contributed by atoms with Crippen LogP contribution in [0, 0.1) is 5.82 Å². The number of benzene rings is 3. The van der Waals surface area contributed by atoms with E-state index in [2.05, 4.69) is 5.32 Å². The van der Waals surface area contributed by atoms with Crippen molar-refractivity contribution in [3.63, 3.8) is 0 Å². The Hall–Kier alpha value is -2.89. The summed E-state index contributed by atoms with van der Waals surface area (Å²) in [6.45, 7) is 5.63. The number of halogens is 3. The van der Waals surface area contributed by atoms with Crippen LogP contribution in [0.5, 0.6) is 0 Å². The fourth-order valence-electron chi connectivity index (χ4n) is 3.77. The molecule has 0 aliphatic carbocycles. The zero-order chi connectivity index (χ0) is 25.6. The zero-order valence-corrected chi connectivity index (χ0v) is 21.5. The first-order valence-corrected chi connectivity index (χ1v) is 12.1. The van der Waals surface area contributed by atoms with Crippen molar-refractivity contribution in [2.24, 2.45) is 0 Å². The third kappa shape index (κ3) is 7.55. The van der Waals surface area contributed by atoms with Gasteiger partial charge in [0, 0.05) is 34.1 Å². The van der Waals surface area contributed by atoms with E-state index in [-0.39, 0.29) is 30.9 Å². The standard InChI is InChI=1S/C28H29Cl2FN2O2/c1-28(2,3)32-27(35)25(16-19-10-5-4-6-11-19)33(18-21-22(29)13-9-14-23(21)30)26(34)17-20-12-7-8-15-24(20)31/h4-15,25H,16-18H2,1-3H3,(H,32,35). The number of rotatable bonds is 8. The Kier molecular flexibility index (Phi) is 8.92. The molecule has 3 aromatic carbocycles. The molecule has 0 heterocycles. The second-order valence-electron chi connectivity index (χ2n) is 9.43. The summed E-state index contributed by atoms with van der Waals surface area (Å²) in [7, 11) is 0. The molecule has 0 aliphatic rings. The van der Waals surface area contributed by atoms with Crippen molar-refractivity contribution in [1.29, 1.82) is 0 Å². The summed E-state index contributed by atoms with van der Waals surface area (Å²) in [5.74, 6) is -1.20. The first-order chi connectivity index (χ1) is 16.5. The molecule has 0 spiro atoms. The fraction of sp³-hybridized carbons (Fsp3) is 0.286. The van der Waals surface area contributed by atoms with Crippen LogP contribution in [0.15, 0.2) is 72.8 Å². The highest BCUT2D eigenvalue weighted by Crippen LogP contribution is 2.28. The normalized spacial score (nSPS) is 12.2. The molecule has 1 N–H and O–H groups in total. The van der Waals surface area contributed by atoms with E-state index in [4.69, 9.17) is 23.2 Å². The Balaban J connectivity index is 2.05. The Labute approximate surface area is 216 Å². The fourth-order valence-corrected chi connectivity index (χ4v) is 4.28. The van der Waals surface area contributed by atoms with Gasteiger partial charge >= 0.3 is 0 Å². The van der Waals surface area contributed by atoms with Crippen LogP contribution in [0.4, 0.5) is 4.39 Å². The largest absolute Gasteiger partial charge is 0.350 e. The van der Waals surface area contributed by atoms with Gasteiger partial charge in [-0.25, -0.2) is 4.39 Å². The van der Waals surface area contributed by atoms with E-state index in [9.17, 15) is 14.0 Å². The Morgan fingerprint density at radius 1 is 0.914 bits per heavy atom. The van der Waals surface area contributed by atoms with Crippen LogP contribution in [-0.2, 0) is 29.0 Å². The molecule has 1 atom stereocenters. The van der Waals surface area contributed by atoms with Crippen LogP contribution in [0.3, 0.4) is 0 Å². The summed E-state index contributed by atoms with van der Waals surface area (Å²) in [6, 6.07) is 19.8. The number of carbonyl (C=O) groups excluding carboxylic acids is 2. The van der Waals surface area contributed by atoms with Gasteiger partial charge in [0.15, 0.2) is 0 Å². The SMILES string of the molecule is CC(C)(C)NC(=O)C(Cc1ccccc1)N(Cc1c(Cl)cccc1Cl)C(=O)Cc1ccccc1F. The van der Waals surface area contributed by atoms with Gasteiger partial charge in [0.1, 0.15) is 11.9 Å². The van der Waals surface area contributed by atoms with Crippen LogP contribution < -0.4 is 5.32 Å². The highest BCUT2D eigenvalue weighted by Gasteiger charge is 2.33. The van der Waals surface area contributed by atoms with Crippen LogP contribution in [0.25, 0.3) is 0 Å². The predicted molar refractivity (Wildman–Crippen MR) is 139 cm³/mol. The second kappa shape index (κ2) is 11.7. The molecule has 0 aliphatic heterocycles. The molecular formula is C28H29Cl2FN2O2. The maximum Gasteiger partial charge on any atom is 0.243 e. The molecule has 1 unspecified atom stereocenters. The van der Waals surface area contributed by atoms with E-state index in [1.54, 1.807) is 36.4 Å². The second-order valence-corrected chi connectivity index (χ2v) is 10.2. The lowest BCUT2D eigenvalue weighted by Crippen LogP contribution is -2.54. The van der Waals surface area contributed by atoms with Crippen molar-refractivity contribution < 1.29 is 14.0 Å². The quantitative estimate of drug-likeness (QED) is 0.387. The molecule has 0 radical (unpaired) electrons. The van der Waals surface area contributed by atoms with E-state index in [0.29, 0.717) is 15.6 Å². The molecule has 0 aromatic heterocycles. The molecular weight excluding hydrogens is 486 g/mol. The Morgan fingerprint density at radius 3 is 2.11 bits per heavy atom. The van der Waals surface area contributed by atoms with Gasteiger partial charge in [0.25, 0.3) is 0 Å². The van der Waals surface area contributed by atoms with Gasteiger partial charge in [0.2, 0.25) is 11.8 Å². The highest BCUT2D eigenvalue weighted by molar-refractivity contribution is 6.36. The smallest absolute Gasteiger partial charge is 0.243 e. The molecule has 4 nitrogen and oxygen atoms in total. The Bertz CT molecular complexity index is 1160. The average molecular weight is 515 g/mol. The van der Waals surface area contributed by atoms with E-state index >= 15 is 0 Å². The van der Waals surface area contributed by atoms with Gasteiger partial charge in [-0.3, -0.25) is 9.59 Å². The predicted octanol–water partition coefficient (Wildman–Crippen LogP) is 6.23. The van der Waals surface area contributed by atoms with Gasteiger partial charge in [-0.2, -0.15) is 0 Å². The van der Waals surface area contributed by atoms with E-state index in [0.717, 1.165) is 5.56 Å². The van der Waals surface area contributed by atoms with Gasteiger partial charge in [0.05, 0.1) is 6.42 Å². The highest BCUT2D eigenvalue weighted by atomic mass is 35.5. The van der Waals surface area contributed by atoms with Crippen LogP contribution in [-0.4, -0.2) is 28.3 Å². The molecule has 184 valence electrons. The number of nitrogens with one attached hydrogen (secondary N) is 1. The molecule has 0 fully saturated rings. The number of carbonyl (C=O) groups is 2. The van der Waals surface area contributed by atoms with E-state index < -0.39 is 23.3 Å². The summed E-state index contributed by atoms with van der Waals surface area (Å²) >= 11 is 12.9. The van der Waals surface area contributed by atoms with Gasteiger partial charge in [-0.1, -0.05) is 77.8 Å². The summed E-state index contributed by atoms with van der Waals surface area (Å²) in [4.78, 5) is 28.7. The van der Waals surface area contributed by atoms with Crippen molar-refractivity contribution >= 4 is 35.0 Å². The van der Waals surface area contributed by atoms with Crippen LogP contribution >= 0.6 is 23.2 Å². The van der Waals surface area contributed by atoms with Crippen molar-refractivity contribution in [3.8, 4) is 0 Å². The molecule has 3 aromatic rings. The third-order valence-corrected chi connectivity index (χ3v) is 6.17. The van der Waals surface area contributed by atoms with Crippen molar-refractivity contribution in [2.45, 2.75) is 51.7 Å². The topological polar surface area (TPSA) is 49.4 Å². The van der Waals surface area contributed by atoms with E-state index in [1.807, 2.05) is 51.1 Å². The summed E-state index contributed by atoms with van der Waals surface area (Å²) in [5.41, 5.74) is 1.14. The van der Waals surface area contributed by atoms with Crippen LogP contribution in [0.2, 0.25) is 10.0 Å². The molecule has 0 bridgehead atoms. The molecule has 2 amide bonds. The van der Waals surface area contributed by atoms with Crippen LogP contribution in [0.1, 0.15) is 37.5 Å². The van der Waals surface area contributed by atoms with Crippen molar-refractivity contribution in [1.82, 2.24) is 10.2 Å². The molecule has 0 saturated carbocycles. The lowest BCUT2D eigenvalue weighted by molar-refractivity contribution is -0.141. The average Bonchev–Trinajstić information content (AvgIpc) is 2.79.